The number of benzene rings is 3. The molecule has 0 radical (unpaired) electrons. The van der Waals surface area contributed by atoms with E-state index in [9.17, 15) is 14.7 Å². The molecule has 1 N–H and O–H groups in total. The summed E-state index contributed by atoms with van der Waals surface area (Å²) in [5.74, 6) is -0.496. The minimum absolute atomic E-state index is 0.0237. The van der Waals surface area contributed by atoms with Crippen molar-refractivity contribution in [2.24, 2.45) is 0 Å². The van der Waals surface area contributed by atoms with Crippen molar-refractivity contribution < 1.29 is 24.2 Å². The summed E-state index contributed by atoms with van der Waals surface area (Å²) >= 11 is 0. The quantitative estimate of drug-likeness (QED) is 0.291. The van der Waals surface area contributed by atoms with Crippen LogP contribution in [0.25, 0.3) is 5.76 Å². The molecule has 0 aliphatic carbocycles. The molecule has 0 bridgehead atoms. The van der Waals surface area contributed by atoms with Gasteiger partial charge in [-0.2, -0.15) is 0 Å². The van der Waals surface area contributed by atoms with Gasteiger partial charge in [0.1, 0.15) is 17.3 Å². The number of hydrogen-bond donors (Lipinski definition) is 1. The number of amides is 1. The van der Waals surface area contributed by atoms with Crippen LogP contribution in [0.15, 0.2) is 78.4 Å². The highest BCUT2D eigenvalue weighted by molar-refractivity contribution is 6.51. The lowest BCUT2D eigenvalue weighted by Gasteiger charge is -2.27. The summed E-state index contributed by atoms with van der Waals surface area (Å²) in [7, 11) is 0. The zero-order valence-electron chi connectivity index (χ0n) is 19.4. The zero-order valence-corrected chi connectivity index (χ0v) is 19.4. The van der Waals surface area contributed by atoms with Gasteiger partial charge in [-0.3, -0.25) is 14.5 Å². The van der Waals surface area contributed by atoms with Crippen LogP contribution in [0.2, 0.25) is 0 Å². The smallest absolute Gasteiger partial charge is 0.300 e. The van der Waals surface area contributed by atoms with Crippen molar-refractivity contribution in [1.82, 2.24) is 0 Å². The van der Waals surface area contributed by atoms with Crippen LogP contribution in [0.4, 0.5) is 5.69 Å². The van der Waals surface area contributed by atoms with Crippen LogP contribution in [-0.2, 0) is 9.59 Å². The number of ketones is 1. The molecule has 174 valence electrons. The fourth-order valence-electron chi connectivity index (χ4n) is 4.23. The van der Waals surface area contributed by atoms with Gasteiger partial charge in [-0.15, -0.1) is 0 Å². The van der Waals surface area contributed by atoms with E-state index < -0.39 is 17.7 Å². The molecule has 4 rings (SSSR count). The van der Waals surface area contributed by atoms with Gasteiger partial charge < -0.3 is 14.6 Å². The summed E-state index contributed by atoms with van der Waals surface area (Å²) in [5, 5.41) is 11.3. The van der Waals surface area contributed by atoms with Crippen molar-refractivity contribution in [3.8, 4) is 11.5 Å². The number of rotatable bonds is 7. The van der Waals surface area contributed by atoms with E-state index in [2.05, 4.69) is 0 Å². The maximum absolute atomic E-state index is 13.3. The highest BCUT2D eigenvalue weighted by atomic mass is 16.5. The SMILES string of the molecule is CCOc1cccc(/C(O)=C2/C(=O)C(=O)N(c3ccccc3C)C2c2cccc(OCC)c2)c1. The van der Waals surface area contributed by atoms with Crippen molar-refractivity contribution in [3.05, 3.63) is 95.1 Å². The second-order valence-electron chi connectivity index (χ2n) is 7.92. The number of aliphatic hydroxyl groups is 1. The molecule has 1 aliphatic heterocycles. The molecule has 1 fully saturated rings. The molecule has 1 saturated heterocycles. The van der Waals surface area contributed by atoms with E-state index >= 15 is 0 Å². The number of anilines is 1. The number of carbonyl (C=O) groups excluding carboxylic acids is 2. The van der Waals surface area contributed by atoms with Crippen molar-refractivity contribution >= 4 is 23.1 Å². The monoisotopic (exact) mass is 457 g/mol. The molecule has 6 nitrogen and oxygen atoms in total. The molecular weight excluding hydrogens is 430 g/mol. The number of ether oxygens (including phenoxy) is 2. The van der Waals surface area contributed by atoms with E-state index in [1.54, 1.807) is 36.4 Å². The molecule has 1 amide bonds. The Morgan fingerprint density at radius 2 is 1.53 bits per heavy atom. The Morgan fingerprint density at radius 3 is 2.21 bits per heavy atom. The summed E-state index contributed by atoms with van der Waals surface area (Å²) in [6.07, 6.45) is 0. The molecule has 3 aromatic carbocycles. The topological polar surface area (TPSA) is 76.1 Å². The molecule has 6 heteroatoms. The van der Waals surface area contributed by atoms with Crippen LogP contribution in [0.3, 0.4) is 0 Å². The lowest BCUT2D eigenvalue weighted by Crippen LogP contribution is -2.30. The first-order valence-corrected chi connectivity index (χ1v) is 11.3. The van der Waals surface area contributed by atoms with E-state index in [1.807, 2.05) is 57.2 Å². The minimum Gasteiger partial charge on any atom is -0.507 e. The first kappa shape index (κ1) is 23.1. The summed E-state index contributed by atoms with van der Waals surface area (Å²) in [5.41, 5.74) is 2.54. The summed E-state index contributed by atoms with van der Waals surface area (Å²) in [4.78, 5) is 28.2. The molecule has 1 aliphatic rings. The predicted molar refractivity (Wildman–Crippen MR) is 131 cm³/mol. The molecular formula is C28H27NO5. The zero-order chi connectivity index (χ0) is 24.2. The third kappa shape index (κ3) is 4.27. The maximum atomic E-state index is 13.3. The average Bonchev–Trinajstić information content (AvgIpc) is 3.10. The van der Waals surface area contributed by atoms with E-state index in [4.69, 9.17) is 9.47 Å². The second kappa shape index (κ2) is 9.83. The molecule has 1 heterocycles. The molecule has 34 heavy (non-hydrogen) atoms. The average molecular weight is 458 g/mol. The molecule has 0 saturated carbocycles. The van der Waals surface area contributed by atoms with Crippen LogP contribution in [0.1, 0.15) is 36.6 Å². The van der Waals surface area contributed by atoms with Gasteiger partial charge in [0.25, 0.3) is 11.7 Å². The first-order valence-electron chi connectivity index (χ1n) is 11.3. The number of carbonyl (C=O) groups is 2. The Hall–Kier alpha value is -4.06. The highest BCUT2D eigenvalue weighted by Crippen LogP contribution is 2.43. The number of aryl methyl sites for hydroxylation is 1. The molecule has 0 aromatic heterocycles. The third-order valence-electron chi connectivity index (χ3n) is 5.72. The van der Waals surface area contributed by atoms with Gasteiger partial charge in [-0.1, -0.05) is 42.5 Å². The Morgan fingerprint density at radius 1 is 0.882 bits per heavy atom. The van der Waals surface area contributed by atoms with Crippen molar-refractivity contribution in [1.29, 1.82) is 0 Å². The van der Waals surface area contributed by atoms with Crippen molar-refractivity contribution in [3.63, 3.8) is 0 Å². The van der Waals surface area contributed by atoms with Crippen LogP contribution in [0, 0.1) is 6.92 Å². The van der Waals surface area contributed by atoms with Crippen LogP contribution < -0.4 is 14.4 Å². The fraction of sp³-hybridized carbons (Fsp3) is 0.214. The minimum atomic E-state index is -0.822. The normalized spacial score (nSPS) is 17.1. The van der Waals surface area contributed by atoms with Crippen molar-refractivity contribution in [2.45, 2.75) is 26.8 Å². The lowest BCUT2D eigenvalue weighted by atomic mass is 9.94. The van der Waals surface area contributed by atoms with E-state index in [1.165, 1.54) is 4.90 Å². The molecule has 3 aromatic rings. The van der Waals surface area contributed by atoms with Gasteiger partial charge in [0.2, 0.25) is 0 Å². The van der Waals surface area contributed by atoms with E-state index in [-0.39, 0.29) is 11.3 Å². The number of nitrogens with zero attached hydrogens (tertiary/aromatic N) is 1. The van der Waals surface area contributed by atoms with Gasteiger partial charge in [0, 0.05) is 11.3 Å². The Bertz CT molecular complexity index is 1260. The van der Waals surface area contributed by atoms with Crippen LogP contribution in [-0.4, -0.2) is 30.0 Å². The second-order valence-corrected chi connectivity index (χ2v) is 7.92. The standard InChI is InChI=1S/C28H27NO5/c1-4-33-21-13-8-11-19(16-21)25-24(26(30)20-12-9-14-22(17-20)34-5-2)27(31)28(32)29(25)23-15-7-6-10-18(23)3/h6-17,25,30H,4-5H2,1-3H3/b26-24-. The lowest BCUT2D eigenvalue weighted by molar-refractivity contribution is -0.132. The van der Waals surface area contributed by atoms with Crippen LogP contribution in [0.5, 0.6) is 11.5 Å². The summed E-state index contributed by atoms with van der Waals surface area (Å²) in [6, 6.07) is 20.7. The largest absolute Gasteiger partial charge is 0.507 e. The Balaban J connectivity index is 1.94. The molecule has 1 unspecified atom stereocenters. The highest BCUT2D eigenvalue weighted by Gasteiger charge is 2.47. The summed E-state index contributed by atoms with van der Waals surface area (Å²) < 4.78 is 11.2. The number of hydrogen-bond acceptors (Lipinski definition) is 5. The first-order chi connectivity index (χ1) is 16.5. The number of aliphatic hydroxyl groups excluding tert-OH is 1. The number of para-hydroxylation sites is 1. The van der Waals surface area contributed by atoms with Gasteiger partial charge in [0.15, 0.2) is 0 Å². The molecule has 1 atom stereocenters. The van der Waals surface area contributed by atoms with Crippen LogP contribution >= 0.6 is 0 Å². The van der Waals surface area contributed by atoms with E-state index in [0.29, 0.717) is 41.5 Å². The number of Topliss-reactive ketones (excluding diaryl/α,β-unsaturated/α-hetero) is 1. The van der Waals surface area contributed by atoms with Gasteiger partial charge >= 0.3 is 0 Å². The maximum Gasteiger partial charge on any atom is 0.300 e. The predicted octanol–water partition coefficient (Wildman–Crippen LogP) is 5.42. The van der Waals surface area contributed by atoms with Crippen molar-refractivity contribution in [2.75, 3.05) is 18.1 Å². The van der Waals surface area contributed by atoms with Gasteiger partial charge in [-0.05, 0) is 62.2 Å². The third-order valence-corrected chi connectivity index (χ3v) is 5.72. The van der Waals surface area contributed by atoms with Gasteiger partial charge in [-0.25, -0.2) is 0 Å². The fourth-order valence-corrected chi connectivity index (χ4v) is 4.23. The van der Waals surface area contributed by atoms with Gasteiger partial charge in [0.05, 0.1) is 24.8 Å². The molecule has 0 spiro atoms. The Kier molecular flexibility index (Phi) is 6.68. The van der Waals surface area contributed by atoms with E-state index in [0.717, 1.165) is 5.56 Å². The Labute approximate surface area is 199 Å². The summed E-state index contributed by atoms with van der Waals surface area (Å²) in [6.45, 7) is 6.58.